The van der Waals surface area contributed by atoms with E-state index in [4.69, 9.17) is 4.74 Å². The molecule has 1 atom stereocenters. The Hall–Kier alpha value is -1.33. The fourth-order valence-electron chi connectivity index (χ4n) is 2.70. The van der Waals surface area contributed by atoms with E-state index in [0.29, 0.717) is 44.8 Å². The Morgan fingerprint density at radius 3 is 2.70 bits per heavy atom. The summed E-state index contributed by atoms with van der Waals surface area (Å²) >= 11 is 0. The van der Waals surface area contributed by atoms with Gasteiger partial charge in [0.15, 0.2) is 0 Å². The Kier molecular flexibility index (Phi) is 5.20. The number of nitrogens with one attached hydrogen (secondary N) is 1. The number of rotatable bonds is 5. The number of ether oxygens (including phenoxy) is 1. The maximum Gasteiger partial charge on any atom is 0.242 e. The third-order valence-electron chi connectivity index (χ3n) is 3.79. The molecule has 1 aliphatic heterocycles. The summed E-state index contributed by atoms with van der Waals surface area (Å²) in [5.74, 6) is 0.687. The van der Waals surface area contributed by atoms with Crippen molar-refractivity contribution in [1.82, 2.24) is 14.8 Å². The van der Waals surface area contributed by atoms with E-state index >= 15 is 0 Å². The Labute approximate surface area is 120 Å². The van der Waals surface area contributed by atoms with Crippen LogP contribution in [0.25, 0.3) is 0 Å². The van der Waals surface area contributed by atoms with Gasteiger partial charge in [-0.3, -0.25) is 4.79 Å². The lowest BCUT2D eigenvalue weighted by molar-refractivity contribution is -0.135. The lowest BCUT2D eigenvalue weighted by Crippen LogP contribution is -2.42. The predicted octanol–water partition coefficient (Wildman–Crippen LogP) is 1.26. The molecule has 1 amide bonds. The van der Waals surface area contributed by atoms with Crippen molar-refractivity contribution < 1.29 is 9.53 Å². The second kappa shape index (κ2) is 6.90. The highest BCUT2D eigenvalue weighted by Gasteiger charge is 2.18. The molecule has 2 heterocycles. The first-order valence-electron chi connectivity index (χ1n) is 7.30. The number of nitrogens with zero attached hydrogens (tertiary/aromatic N) is 2. The first-order chi connectivity index (χ1) is 9.61. The molecule has 0 aromatic carbocycles. The summed E-state index contributed by atoms with van der Waals surface area (Å²) in [6, 6.07) is 2.42. The Balaban J connectivity index is 1.96. The van der Waals surface area contributed by atoms with Gasteiger partial charge in [-0.05, 0) is 24.6 Å². The molecule has 0 bridgehead atoms. The summed E-state index contributed by atoms with van der Waals surface area (Å²) in [4.78, 5) is 14.1. The average Bonchev–Trinajstić information content (AvgIpc) is 2.88. The largest absolute Gasteiger partial charge is 0.378 e. The van der Waals surface area contributed by atoms with Crippen LogP contribution in [0.4, 0.5) is 0 Å². The summed E-state index contributed by atoms with van der Waals surface area (Å²) < 4.78 is 7.24. The molecule has 1 N–H and O–H groups in total. The number of hydrogen-bond acceptors (Lipinski definition) is 3. The van der Waals surface area contributed by atoms with Crippen LogP contribution in [0.1, 0.15) is 25.5 Å². The molecule has 0 spiro atoms. The van der Waals surface area contributed by atoms with Crippen molar-refractivity contribution in [2.45, 2.75) is 26.4 Å². The molecule has 0 saturated carbocycles. The van der Waals surface area contributed by atoms with Crippen molar-refractivity contribution in [3.63, 3.8) is 0 Å². The number of carbonyl (C=O) groups is 1. The zero-order chi connectivity index (χ0) is 14.5. The summed E-state index contributed by atoms with van der Waals surface area (Å²) in [5.41, 5.74) is 1.23. The first kappa shape index (κ1) is 15.1. The quantitative estimate of drug-likeness (QED) is 0.883. The molecule has 20 heavy (non-hydrogen) atoms. The Bertz CT molecular complexity index is 436. The number of hydrogen-bond donors (Lipinski definition) is 1. The van der Waals surface area contributed by atoms with Crippen LogP contribution in [-0.2, 0) is 16.1 Å². The van der Waals surface area contributed by atoms with Gasteiger partial charge in [0.25, 0.3) is 0 Å². The van der Waals surface area contributed by atoms with E-state index in [1.807, 2.05) is 22.7 Å². The molecule has 1 saturated heterocycles. The van der Waals surface area contributed by atoms with Crippen LogP contribution in [0.5, 0.6) is 0 Å². The fourth-order valence-corrected chi connectivity index (χ4v) is 2.70. The molecule has 5 heteroatoms. The van der Waals surface area contributed by atoms with E-state index in [9.17, 15) is 4.79 Å². The van der Waals surface area contributed by atoms with E-state index in [1.54, 1.807) is 0 Å². The summed E-state index contributed by atoms with van der Waals surface area (Å²) in [5, 5.41) is 3.32. The maximum absolute atomic E-state index is 12.2. The Morgan fingerprint density at radius 2 is 2.10 bits per heavy atom. The molecule has 5 nitrogen and oxygen atoms in total. The zero-order valence-electron chi connectivity index (χ0n) is 12.6. The van der Waals surface area contributed by atoms with Crippen molar-refractivity contribution in [1.29, 1.82) is 0 Å². The zero-order valence-corrected chi connectivity index (χ0v) is 12.6. The van der Waals surface area contributed by atoms with Gasteiger partial charge in [-0.15, -0.1) is 0 Å². The molecule has 2 rings (SSSR count). The molecule has 1 aliphatic rings. The second-order valence-corrected chi connectivity index (χ2v) is 5.62. The lowest BCUT2D eigenvalue weighted by Gasteiger charge is -2.27. The molecular weight excluding hydrogens is 254 g/mol. The van der Waals surface area contributed by atoms with E-state index in [1.165, 1.54) is 5.56 Å². The van der Waals surface area contributed by atoms with Crippen LogP contribution in [0, 0.1) is 5.92 Å². The van der Waals surface area contributed by atoms with Crippen LogP contribution in [0.3, 0.4) is 0 Å². The second-order valence-electron chi connectivity index (χ2n) is 5.62. The van der Waals surface area contributed by atoms with Gasteiger partial charge in [0.1, 0.15) is 6.54 Å². The van der Waals surface area contributed by atoms with Crippen molar-refractivity contribution in [3.8, 4) is 0 Å². The highest BCUT2D eigenvalue weighted by atomic mass is 16.5. The molecule has 1 aromatic heterocycles. The molecule has 1 aromatic rings. The number of carbonyl (C=O) groups excluding carboxylic acids is 1. The standard InChI is InChI=1S/C15H25N3O2/c1-12(2)15(16-3)13-4-5-17(10-13)11-14(19)18-6-8-20-9-7-18/h4-5,10,12,15-16H,6-9,11H2,1-3H3. The first-order valence-corrected chi connectivity index (χ1v) is 7.30. The van der Waals surface area contributed by atoms with E-state index in [2.05, 4.69) is 31.4 Å². The summed E-state index contributed by atoms with van der Waals surface area (Å²) in [6.45, 7) is 7.51. The van der Waals surface area contributed by atoms with Crippen LogP contribution in [0.15, 0.2) is 18.5 Å². The number of amides is 1. The van der Waals surface area contributed by atoms with Gasteiger partial charge >= 0.3 is 0 Å². The van der Waals surface area contributed by atoms with Crippen LogP contribution < -0.4 is 5.32 Å². The third-order valence-corrected chi connectivity index (χ3v) is 3.79. The summed E-state index contributed by atoms with van der Waals surface area (Å²) in [6.07, 6.45) is 4.06. The van der Waals surface area contributed by atoms with Gasteiger partial charge in [0.2, 0.25) is 5.91 Å². The van der Waals surface area contributed by atoms with Gasteiger partial charge in [0, 0.05) is 31.5 Å². The average molecular weight is 279 g/mol. The highest BCUT2D eigenvalue weighted by molar-refractivity contribution is 5.76. The number of aromatic nitrogens is 1. The van der Waals surface area contributed by atoms with Crippen LogP contribution >= 0.6 is 0 Å². The minimum Gasteiger partial charge on any atom is -0.378 e. The SMILES string of the molecule is CNC(c1ccn(CC(=O)N2CCOCC2)c1)C(C)C. The van der Waals surface area contributed by atoms with E-state index < -0.39 is 0 Å². The topological polar surface area (TPSA) is 46.5 Å². The van der Waals surface area contributed by atoms with Crippen LogP contribution in [0.2, 0.25) is 0 Å². The minimum absolute atomic E-state index is 0.168. The highest BCUT2D eigenvalue weighted by Crippen LogP contribution is 2.21. The molecular formula is C15H25N3O2. The third kappa shape index (κ3) is 3.61. The fraction of sp³-hybridized carbons (Fsp3) is 0.667. The van der Waals surface area contributed by atoms with Crippen molar-refractivity contribution in [2.24, 2.45) is 5.92 Å². The van der Waals surface area contributed by atoms with Crippen molar-refractivity contribution >= 4 is 5.91 Å². The molecule has 1 unspecified atom stereocenters. The summed E-state index contributed by atoms with van der Waals surface area (Å²) in [7, 11) is 1.97. The number of morpholine rings is 1. The van der Waals surface area contributed by atoms with Crippen LogP contribution in [-0.4, -0.2) is 48.7 Å². The maximum atomic E-state index is 12.2. The normalized spacial score (nSPS) is 17.5. The Morgan fingerprint density at radius 1 is 1.40 bits per heavy atom. The lowest BCUT2D eigenvalue weighted by atomic mass is 9.99. The van der Waals surface area contributed by atoms with E-state index in [0.717, 1.165) is 0 Å². The van der Waals surface area contributed by atoms with E-state index in [-0.39, 0.29) is 5.91 Å². The molecule has 112 valence electrons. The van der Waals surface area contributed by atoms with Gasteiger partial charge in [-0.25, -0.2) is 0 Å². The molecule has 0 aliphatic carbocycles. The molecule has 0 radical (unpaired) electrons. The predicted molar refractivity (Wildman–Crippen MR) is 78.5 cm³/mol. The van der Waals surface area contributed by atoms with Gasteiger partial charge in [-0.2, -0.15) is 0 Å². The molecule has 1 fully saturated rings. The van der Waals surface area contributed by atoms with Gasteiger partial charge in [-0.1, -0.05) is 13.8 Å². The smallest absolute Gasteiger partial charge is 0.242 e. The van der Waals surface area contributed by atoms with Gasteiger partial charge < -0.3 is 19.5 Å². The minimum atomic E-state index is 0.168. The monoisotopic (exact) mass is 279 g/mol. The van der Waals surface area contributed by atoms with Crippen molar-refractivity contribution in [3.05, 3.63) is 24.0 Å². The van der Waals surface area contributed by atoms with Crippen molar-refractivity contribution in [2.75, 3.05) is 33.4 Å². The van der Waals surface area contributed by atoms with Gasteiger partial charge in [0.05, 0.1) is 13.2 Å².